The predicted octanol–water partition coefficient (Wildman–Crippen LogP) is 3.19. The summed E-state index contributed by atoms with van der Waals surface area (Å²) in [7, 11) is 3.31. The molecule has 5 heteroatoms. The molecule has 1 amide bonds. The highest BCUT2D eigenvalue weighted by molar-refractivity contribution is 5.91. The number of likely N-dealkylation sites (N-methyl/N-ethyl adjacent to an activating group) is 1. The van der Waals surface area contributed by atoms with Crippen LogP contribution in [0.15, 0.2) is 34.7 Å². The molecule has 5 nitrogen and oxygen atoms in total. The second-order valence-corrected chi connectivity index (χ2v) is 5.54. The van der Waals surface area contributed by atoms with Crippen LogP contribution in [0.3, 0.4) is 0 Å². The summed E-state index contributed by atoms with van der Waals surface area (Å²) in [5, 5.41) is 0. The van der Waals surface area contributed by atoms with E-state index in [1.165, 1.54) is 0 Å². The summed E-state index contributed by atoms with van der Waals surface area (Å²) in [6.45, 7) is 5.29. The van der Waals surface area contributed by atoms with E-state index in [4.69, 9.17) is 13.9 Å². The van der Waals surface area contributed by atoms with Gasteiger partial charge < -0.3 is 18.8 Å². The van der Waals surface area contributed by atoms with Gasteiger partial charge in [0.1, 0.15) is 24.7 Å². The molecule has 1 aromatic carbocycles. The van der Waals surface area contributed by atoms with Crippen molar-refractivity contribution in [1.29, 1.82) is 0 Å². The molecule has 2 rings (SSSR count). The lowest BCUT2D eigenvalue weighted by atomic mass is 10.1. The Morgan fingerprint density at radius 1 is 1.22 bits per heavy atom. The average Bonchev–Trinajstić information content (AvgIpc) is 2.99. The molecule has 0 aliphatic heterocycles. The summed E-state index contributed by atoms with van der Waals surface area (Å²) in [5.74, 6) is 1.63. The van der Waals surface area contributed by atoms with Gasteiger partial charge in [0.15, 0.2) is 5.76 Å². The molecule has 0 saturated carbocycles. The first-order valence-electron chi connectivity index (χ1n) is 7.54. The molecule has 2 aromatic rings. The van der Waals surface area contributed by atoms with Crippen molar-refractivity contribution in [2.24, 2.45) is 0 Å². The Labute approximate surface area is 136 Å². The van der Waals surface area contributed by atoms with Gasteiger partial charge in [-0.05, 0) is 43.2 Å². The summed E-state index contributed by atoms with van der Waals surface area (Å²) >= 11 is 0. The van der Waals surface area contributed by atoms with Gasteiger partial charge in [0.2, 0.25) is 0 Å². The van der Waals surface area contributed by atoms with Crippen LogP contribution in [-0.4, -0.2) is 38.1 Å². The van der Waals surface area contributed by atoms with Crippen molar-refractivity contribution >= 4 is 5.91 Å². The summed E-state index contributed by atoms with van der Waals surface area (Å²) in [5.41, 5.74) is 2.23. The minimum atomic E-state index is -0.170. The fraction of sp³-hybridized carbons (Fsp3) is 0.389. The van der Waals surface area contributed by atoms with Crippen molar-refractivity contribution < 1.29 is 18.7 Å². The number of carbonyl (C=O) groups is 1. The molecule has 0 aliphatic rings. The zero-order valence-corrected chi connectivity index (χ0v) is 14.1. The van der Waals surface area contributed by atoms with Crippen LogP contribution in [0.1, 0.15) is 27.4 Å². The van der Waals surface area contributed by atoms with Gasteiger partial charge in [-0.1, -0.05) is 12.1 Å². The smallest absolute Gasteiger partial charge is 0.289 e. The predicted molar refractivity (Wildman–Crippen MR) is 87.8 cm³/mol. The number of amides is 1. The zero-order valence-electron chi connectivity index (χ0n) is 14.1. The van der Waals surface area contributed by atoms with Crippen molar-refractivity contribution in [2.45, 2.75) is 20.5 Å². The van der Waals surface area contributed by atoms with Gasteiger partial charge in [-0.3, -0.25) is 4.79 Å². The number of hydrogen-bond acceptors (Lipinski definition) is 4. The minimum absolute atomic E-state index is 0.170. The van der Waals surface area contributed by atoms with E-state index in [9.17, 15) is 4.79 Å². The number of ether oxygens (including phenoxy) is 2. The topological polar surface area (TPSA) is 51.9 Å². The first kappa shape index (κ1) is 17.1. The van der Waals surface area contributed by atoms with E-state index < -0.39 is 0 Å². The van der Waals surface area contributed by atoms with Gasteiger partial charge in [0, 0.05) is 14.2 Å². The number of carbonyl (C=O) groups excluding carboxylic acids is 1. The van der Waals surface area contributed by atoms with Crippen LogP contribution in [0, 0.1) is 13.8 Å². The Kier molecular flexibility index (Phi) is 5.82. The van der Waals surface area contributed by atoms with Crippen molar-refractivity contribution in [1.82, 2.24) is 4.90 Å². The third-order valence-corrected chi connectivity index (χ3v) is 3.53. The highest BCUT2D eigenvalue weighted by atomic mass is 16.5. The molecule has 0 saturated heterocycles. The van der Waals surface area contributed by atoms with E-state index in [0.717, 1.165) is 16.9 Å². The zero-order chi connectivity index (χ0) is 16.8. The van der Waals surface area contributed by atoms with E-state index in [1.54, 1.807) is 31.2 Å². The van der Waals surface area contributed by atoms with E-state index in [1.807, 2.05) is 32.0 Å². The quantitative estimate of drug-likeness (QED) is 0.787. The molecule has 124 valence electrons. The lowest BCUT2D eigenvalue weighted by Gasteiger charge is -2.17. The third-order valence-electron chi connectivity index (χ3n) is 3.53. The summed E-state index contributed by atoms with van der Waals surface area (Å²) in [6.07, 6.45) is 0. The van der Waals surface area contributed by atoms with Crippen LogP contribution in [0.5, 0.6) is 5.75 Å². The summed E-state index contributed by atoms with van der Waals surface area (Å²) in [6, 6.07) is 9.49. The molecule has 0 spiro atoms. The largest absolute Gasteiger partial charge is 0.491 e. The SMILES string of the molecule is COCc1ccc(C(=O)N(C)CCOc2cc(C)ccc2C)o1. The number of rotatable bonds is 7. The lowest BCUT2D eigenvalue weighted by Crippen LogP contribution is -2.30. The Morgan fingerprint density at radius 2 is 2.00 bits per heavy atom. The van der Waals surface area contributed by atoms with Gasteiger partial charge in [0.25, 0.3) is 5.91 Å². The minimum Gasteiger partial charge on any atom is -0.491 e. The molecular formula is C18H23NO4. The normalized spacial score (nSPS) is 10.6. The lowest BCUT2D eigenvalue weighted by molar-refractivity contribution is 0.0734. The summed E-state index contributed by atoms with van der Waals surface area (Å²) < 4.78 is 16.2. The second-order valence-electron chi connectivity index (χ2n) is 5.54. The maximum atomic E-state index is 12.3. The number of furan rings is 1. The Bertz CT molecular complexity index is 663. The molecule has 1 aromatic heterocycles. The Hall–Kier alpha value is -2.27. The van der Waals surface area contributed by atoms with Gasteiger partial charge in [-0.25, -0.2) is 0 Å². The van der Waals surface area contributed by atoms with Crippen LogP contribution >= 0.6 is 0 Å². The van der Waals surface area contributed by atoms with Crippen LogP contribution in [0.2, 0.25) is 0 Å². The maximum Gasteiger partial charge on any atom is 0.289 e. The van der Waals surface area contributed by atoms with Crippen LogP contribution in [0.25, 0.3) is 0 Å². The van der Waals surface area contributed by atoms with Gasteiger partial charge in [-0.15, -0.1) is 0 Å². The Balaban J connectivity index is 1.87. The van der Waals surface area contributed by atoms with Crippen molar-refractivity contribution in [3.05, 3.63) is 53.0 Å². The first-order chi connectivity index (χ1) is 11.0. The Morgan fingerprint density at radius 3 is 2.74 bits per heavy atom. The first-order valence-corrected chi connectivity index (χ1v) is 7.54. The molecule has 0 bridgehead atoms. The van der Waals surface area contributed by atoms with Gasteiger partial charge >= 0.3 is 0 Å². The maximum absolute atomic E-state index is 12.3. The van der Waals surface area contributed by atoms with Crippen LogP contribution < -0.4 is 4.74 Å². The second kappa shape index (κ2) is 7.83. The highest BCUT2D eigenvalue weighted by Crippen LogP contribution is 2.19. The molecule has 0 fully saturated rings. The number of methoxy groups -OCH3 is 1. The molecule has 0 aliphatic carbocycles. The van der Waals surface area contributed by atoms with E-state index in [-0.39, 0.29) is 5.91 Å². The monoisotopic (exact) mass is 317 g/mol. The van der Waals surface area contributed by atoms with Crippen molar-refractivity contribution in [3.8, 4) is 5.75 Å². The van der Waals surface area contributed by atoms with E-state index in [0.29, 0.717) is 31.3 Å². The third kappa shape index (κ3) is 4.60. The number of aryl methyl sites for hydroxylation is 2. The number of nitrogens with zero attached hydrogens (tertiary/aromatic N) is 1. The molecule has 1 heterocycles. The molecule has 23 heavy (non-hydrogen) atoms. The fourth-order valence-corrected chi connectivity index (χ4v) is 2.16. The highest BCUT2D eigenvalue weighted by Gasteiger charge is 2.16. The molecule has 0 atom stereocenters. The summed E-state index contributed by atoms with van der Waals surface area (Å²) in [4.78, 5) is 13.8. The molecular weight excluding hydrogens is 294 g/mol. The van der Waals surface area contributed by atoms with Crippen LogP contribution in [0.4, 0.5) is 0 Å². The van der Waals surface area contributed by atoms with Crippen LogP contribution in [-0.2, 0) is 11.3 Å². The van der Waals surface area contributed by atoms with Gasteiger partial charge in [0.05, 0.1) is 6.54 Å². The number of benzene rings is 1. The molecule has 0 unspecified atom stereocenters. The average molecular weight is 317 g/mol. The van der Waals surface area contributed by atoms with E-state index >= 15 is 0 Å². The van der Waals surface area contributed by atoms with Crippen molar-refractivity contribution in [3.63, 3.8) is 0 Å². The van der Waals surface area contributed by atoms with Crippen molar-refractivity contribution in [2.75, 3.05) is 27.3 Å². The standard InChI is InChI=1S/C18H23NO4/c1-13-5-6-14(2)17(11-13)22-10-9-19(3)18(20)16-8-7-15(23-16)12-21-4/h5-8,11H,9-10,12H2,1-4H3. The van der Waals surface area contributed by atoms with Gasteiger partial charge in [-0.2, -0.15) is 0 Å². The fourth-order valence-electron chi connectivity index (χ4n) is 2.16. The number of hydrogen-bond donors (Lipinski definition) is 0. The van der Waals surface area contributed by atoms with E-state index in [2.05, 4.69) is 0 Å². The molecule has 0 N–H and O–H groups in total. The molecule has 0 radical (unpaired) electrons.